The molecular weight excluding hydrogens is 373 g/mol. The Morgan fingerprint density at radius 2 is 1.81 bits per heavy atom. The minimum absolute atomic E-state index is 0. The van der Waals surface area contributed by atoms with Gasteiger partial charge in [0.05, 0.1) is 6.04 Å². The number of hydrogen-bond donors (Lipinski definition) is 3. The SMILES string of the molecule is CC(NC(C)(C)CNC(=O)C(N)C1CCOCC1)c1ccccc1.Cl.Cl. The Bertz CT molecular complexity index is 523. The lowest BCUT2D eigenvalue weighted by molar-refractivity contribution is -0.124. The largest absolute Gasteiger partial charge is 0.381 e. The third-order valence-corrected chi connectivity index (χ3v) is 4.69. The highest BCUT2D eigenvalue weighted by Crippen LogP contribution is 2.18. The van der Waals surface area contributed by atoms with Crippen molar-refractivity contribution in [2.75, 3.05) is 19.8 Å². The van der Waals surface area contributed by atoms with Crippen LogP contribution in [0.5, 0.6) is 0 Å². The molecule has 2 atom stereocenters. The van der Waals surface area contributed by atoms with Gasteiger partial charge in [0, 0.05) is 31.3 Å². The molecule has 0 aliphatic carbocycles. The fraction of sp³-hybridized carbons (Fsp3) is 0.632. The quantitative estimate of drug-likeness (QED) is 0.651. The second-order valence-electron chi connectivity index (χ2n) is 7.35. The molecule has 0 radical (unpaired) electrons. The van der Waals surface area contributed by atoms with Gasteiger partial charge in [-0.15, -0.1) is 24.8 Å². The molecule has 1 aliphatic rings. The van der Waals surface area contributed by atoms with E-state index in [2.05, 4.69) is 43.5 Å². The Hall–Kier alpha value is -0.850. The number of nitrogens with two attached hydrogens (primary N) is 1. The van der Waals surface area contributed by atoms with Gasteiger partial charge in [0.15, 0.2) is 0 Å². The predicted molar refractivity (Wildman–Crippen MR) is 111 cm³/mol. The third-order valence-electron chi connectivity index (χ3n) is 4.69. The number of halogens is 2. The summed E-state index contributed by atoms with van der Waals surface area (Å²) in [5.74, 6) is 0.155. The van der Waals surface area contributed by atoms with Crippen molar-refractivity contribution in [1.82, 2.24) is 10.6 Å². The predicted octanol–water partition coefficient (Wildman–Crippen LogP) is 2.83. The summed E-state index contributed by atoms with van der Waals surface area (Å²) in [6.07, 6.45) is 1.72. The van der Waals surface area contributed by atoms with Gasteiger partial charge >= 0.3 is 0 Å². The summed E-state index contributed by atoms with van der Waals surface area (Å²) in [6, 6.07) is 10.1. The van der Waals surface area contributed by atoms with Gasteiger partial charge in [-0.1, -0.05) is 30.3 Å². The van der Waals surface area contributed by atoms with Crippen LogP contribution in [0, 0.1) is 5.92 Å². The van der Waals surface area contributed by atoms with Gasteiger partial charge in [-0.05, 0) is 45.1 Å². The van der Waals surface area contributed by atoms with Gasteiger partial charge in [0.2, 0.25) is 5.91 Å². The van der Waals surface area contributed by atoms with Crippen molar-refractivity contribution in [3.63, 3.8) is 0 Å². The van der Waals surface area contributed by atoms with Crippen LogP contribution < -0.4 is 16.4 Å². The number of hydrogen-bond acceptors (Lipinski definition) is 4. The molecule has 1 amide bonds. The zero-order valence-corrected chi connectivity index (χ0v) is 17.5. The van der Waals surface area contributed by atoms with Crippen LogP contribution in [0.15, 0.2) is 30.3 Å². The standard InChI is InChI=1S/C19H31N3O2.2ClH/c1-14(15-7-5-4-6-8-15)22-19(2,3)13-21-18(23)17(20)16-9-11-24-12-10-16;;/h4-8,14,16-17,22H,9-13,20H2,1-3H3,(H,21,23);2*1H. The summed E-state index contributed by atoms with van der Waals surface area (Å²) in [7, 11) is 0. The first-order valence-electron chi connectivity index (χ1n) is 8.83. The van der Waals surface area contributed by atoms with E-state index in [0.717, 1.165) is 12.8 Å². The van der Waals surface area contributed by atoms with Gasteiger partial charge in [0.25, 0.3) is 0 Å². The Labute approximate surface area is 169 Å². The van der Waals surface area contributed by atoms with Crippen molar-refractivity contribution < 1.29 is 9.53 Å². The molecule has 0 saturated carbocycles. The lowest BCUT2D eigenvalue weighted by Gasteiger charge is -2.32. The minimum atomic E-state index is -0.448. The number of ether oxygens (including phenoxy) is 1. The molecule has 1 aromatic rings. The molecule has 1 heterocycles. The summed E-state index contributed by atoms with van der Waals surface area (Å²) >= 11 is 0. The van der Waals surface area contributed by atoms with Crippen molar-refractivity contribution in [3.8, 4) is 0 Å². The van der Waals surface area contributed by atoms with Gasteiger partial charge < -0.3 is 21.1 Å². The maximum absolute atomic E-state index is 12.3. The third kappa shape index (κ3) is 7.80. The highest BCUT2D eigenvalue weighted by Gasteiger charge is 2.28. The first-order chi connectivity index (χ1) is 11.4. The first kappa shape index (κ1) is 25.1. The highest BCUT2D eigenvalue weighted by molar-refractivity contribution is 5.85. The maximum atomic E-state index is 12.3. The van der Waals surface area contributed by atoms with Gasteiger partial charge in [-0.2, -0.15) is 0 Å². The molecule has 0 aromatic heterocycles. The number of carbonyl (C=O) groups is 1. The fourth-order valence-electron chi connectivity index (χ4n) is 3.18. The van der Waals surface area contributed by atoms with Crippen LogP contribution in [0.25, 0.3) is 0 Å². The molecule has 2 unspecified atom stereocenters. The van der Waals surface area contributed by atoms with E-state index in [-0.39, 0.29) is 48.2 Å². The van der Waals surface area contributed by atoms with E-state index in [1.165, 1.54) is 5.56 Å². The monoisotopic (exact) mass is 405 g/mol. The van der Waals surface area contributed by atoms with Crippen LogP contribution >= 0.6 is 24.8 Å². The molecule has 1 aliphatic heterocycles. The molecule has 0 spiro atoms. The molecule has 150 valence electrons. The van der Waals surface area contributed by atoms with E-state index >= 15 is 0 Å². The molecule has 0 bridgehead atoms. The van der Waals surface area contributed by atoms with Gasteiger partial charge in [-0.3, -0.25) is 4.79 Å². The molecule has 26 heavy (non-hydrogen) atoms. The second-order valence-corrected chi connectivity index (χ2v) is 7.35. The number of nitrogens with one attached hydrogen (secondary N) is 2. The summed E-state index contributed by atoms with van der Waals surface area (Å²) in [4.78, 5) is 12.3. The normalized spacial score (nSPS) is 17.4. The average Bonchev–Trinajstić information content (AvgIpc) is 2.60. The van der Waals surface area contributed by atoms with E-state index in [1.54, 1.807) is 0 Å². The van der Waals surface area contributed by atoms with Crippen LogP contribution in [0.1, 0.15) is 45.2 Å². The Balaban J connectivity index is 0.00000312. The van der Waals surface area contributed by atoms with E-state index in [0.29, 0.717) is 19.8 Å². The number of rotatable bonds is 7. The lowest BCUT2D eigenvalue weighted by atomic mass is 9.91. The molecule has 2 rings (SSSR count). The molecule has 4 N–H and O–H groups in total. The first-order valence-corrected chi connectivity index (χ1v) is 8.83. The Morgan fingerprint density at radius 3 is 2.38 bits per heavy atom. The van der Waals surface area contributed by atoms with Crippen molar-refractivity contribution in [3.05, 3.63) is 35.9 Å². The lowest BCUT2D eigenvalue weighted by Crippen LogP contribution is -2.54. The molecular formula is C19H33Cl2N3O2. The van der Waals surface area contributed by atoms with E-state index in [9.17, 15) is 4.79 Å². The van der Waals surface area contributed by atoms with Crippen molar-refractivity contribution in [2.24, 2.45) is 11.7 Å². The number of amides is 1. The van der Waals surface area contributed by atoms with E-state index in [1.807, 2.05) is 18.2 Å². The van der Waals surface area contributed by atoms with Crippen LogP contribution in [-0.4, -0.2) is 37.2 Å². The zero-order valence-electron chi connectivity index (χ0n) is 15.9. The Kier molecular flexibility index (Phi) is 11.4. The van der Waals surface area contributed by atoms with Crippen molar-refractivity contribution >= 4 is 30.7 Å². The summed E-state index contributed by atoms with van der Waals surface area (Å²) in [5, 5.41) is 6.58. The molecule has 1 aromatic carbocycles. The van der Waals surface area contributed by atoms with E-state index < -0.39 is 6.04 Å². The zero-order chi connectivity index (χ0) is 17.6. The van der Waals surface area contributed by atoms with Crippen LogP contribution in [0.2, 0.25) is 0 Å². The van der Waals surface area contributed by atoms with Gasteiger partial charge in [0.1, 0.15) is 0 Å². The minimum Gasteiger partial charge on any atom is -0.381 e. The molecule has 7 heteroatoms. The van der Waals surface area contributed by atoms with Crippen LogP contribution in [0.4, 0.5) is 0 Å². The second kappa shape index (κ2) is 11.8. The van der Waals surface area contributed by atoms with Crippen LogP contribution in [0.3, 0.4) is 0 Å². The summed E-state index contributed by atoms with van der Waals surface area (Å²) < 4.78 is 5.33. The van der Waals surface area contributed by atoms with Crippen molar-refractivity contribution in [2.45, 2.75) is 51.2 Å². The summed E-state index contributed by atoms with van der Waals surface area (Å²) in [6.45, 7) is 8.26. The topological polar surface area (TPSA) is 76.4 Å². The van der Waals surface area contributed by atoms with Crippen molar-refractivity contribution in [1.29, 1.82) is 0 Å². The smallest absolute Gasteiger partial charge is 0.237 e. The highest BCUT2D eigenvalue weighted by atomic mass is 35.5. The van der Waals surface area contributed by atoms with E-state index in [4.69, 9.17) is 10.5 Å². The number of benzene rings is 1. The molecule has 5 nitrogen and oxygen atoms in total. The van der Waals surface area contributed by atoms with Crippen LogP contribution in [-0.2, 0) is 9.53 Å². The number of carbonyl (C=O) groups excluding carboxylic acids is 1. The average molecular weight is 406 g/mol. The Morgan fingerprint density at radius 1 is 1.23 bits per heavy atom. The maximum Gasteiger partial charge on any atom is 0.237 e. The summed E-state index contributed by atoms with van der Waals surface area (Å²) in [5.41, 5.74) is 7.14. The molecule has 1 fully saturated rings. The molecule has 1 saturated heterocycles. The van der Waals surface area contributed by atoms with Gasteiger partial charge in [-0.25, -0.2) is 0 Å². The fourth-order valence-corrected chi connectivity index (χ4v) is 3.18.